The van der Waals surface area contributed by atoms with Crippen molar-refractivity contribution in [1.29, 1.82) is 0 Å². The van der Waals surface area contributed by atoms with Gasteiger partial charge in [0.2, 0.25) is 11.8 Å². The number of aryl methyl sites for hydroxylation is 1. The van der Waals surface area contributed by atoms with Gasteiger partial charge in [0.25, 0.3) is 0 Å². The summed E-state index contributed by atoms with van der Waals surface area (Å²) in [6.45, 7) is 4.12. The maximum atomic E-state index is 12.4. The summed E-state index contributed by atoms with van der Waals surface area (Å²) in [5, 5.41) is 3.15. The van der Waals surface area contributed by atoms with Crippen molar-refractivity contribution in [1.82, 2.24) is 15.1 Å². The summed E-state index contributed by atoms with van der Waals surface area (Å²) in [4.78, 5) is 28.7. The molecule has 1 aliphatic carbocycles. The highest BCUT2D eigenvalue weighted by molar-refractivity contribution is 5.77. The minimum atomic E-state index is 0.182. The van der Waals surface area contributed by atoms with Gasteiger partial charge in [0, 0.05) is 51.6 Å². The Morgan fingerprint density at radius 2 is 1.67 bits per heavy atom. The van der Waals surface area contributed by atoms with Crippen LogP contribution >= 0.6 is 0 Å². The Bertz CT molecular complexity index is 591. The van der Waals surface area contributed by atoms with Crippen LogP contribution in [0.3, 0.4) is 0 Å². The van der Waals surface area contributed by atoms with E-state index in [-0.39, 0.29) is 11.8 Å². The third-order valence-corrected chi connectivity index (χ3v) is 5.80. The summed E-state index contributed by atoms with van der Waals surface area (Å²) < 4.78 is 0. The first-order chi connectivity index (χ1) is 13.2. The van der Waals surface area contributed by atoms with Gasteiger partial charge in [-0.15, -0.1) is 0 Å². The molecule has 148 valence electrons. The molecule has 5 nitrogen and oxygen atoms in total. The Morgan fingerprint density at radius 3 is 2.37 bits per heavy atom. The van der Waals surface area contributed by atoms with Crippen LogP contribution in [-0.2, 0) is 16.0 Å². The van der Waals surface area contributed by atoms with E-state index < -0.39 is 0 Å². The molecule has 0 bridgehead atoms. The second-order valence-electron chi connectivity index (χ2n) is 7.86. The number of benzene rings is 1. The molecule has 3 rings (SSSR count). The number of hydrogen-bond donors (Lipinski definition) is 1. The van der Waals surface area contributed by atoms with Crippen LogP contribution in [-0.4, -0.2) is 60.4 Å². The van der Waals surface area contributed by atoms with Crippen molar-refractivity contribution in [3.63, 3.8) is 0 Å². The summed E-state index contributed by atoms with van der Waals surface area (Å²) in [6.07, 6.45) is 7.82. The van der Waals surface area contributed by atoms with Crippen LogP contribution in [0.1, 0.15) is 50.5 Å². The molecule has 2 aliphatic rings. The lowest BCUT2D eigenvalue weighted by molar-refractivity contribution is -0.133. The SMILES string of the molecule is O=C(CCN1CCN(C(=O)CCCc2ccccc2)CC1)NC1CCCC1. The van der Waals surface area contributed by atoms with Crippen molar-refractivity contribution < 1.29 is 9.59 Å². The summed E-state index contributed by atoms with van der Waals surface area (Å²) in [7, 11) is 0. The Labute approximate surface area is 163 Å². The smallest absolute Gasteiger partial charge is 0.222 e. The minimum Gasteiger partial charge on any atom is -0.353 e. The van der Waals surface area contributed by atoms with E-state index in [9.17, 15) is 9.59 Å². The van der Waals surface area contributed by atoms with Gasteiger partial charge in [0.05, 0.1) is 0 Å². The maximum Gasteiger partial charge on any atom is 0.222 e. The summed E-state index contributed by atoms with van der Waals surface area (Å²) in [6, 6.07) is 10.8. The number of piperazine rings is 1. The van der Waals surface area contributed by atoms with E-state index in [1.807, 2.05) is 23.1 Å². The lowest BCUT2D eigenvalue weighted by Crippen LogP contribution is -2.49. The Hall–Kier alpha value is -1.88. The Balaban J connectivity index is 1.27. The largest absolute Gasteiger partial charge is 0.353 e. The fourth-order valence-corrected chi connectivity index (χ4v) is 4.10. The lowest BCUT2D eigenvalue weighted by Gasteiger charge is -2.34. The Morgan fingerprint density at radius 1 is 0.963 bits per heavy atom. The zero-order valence-electron chi connectivity index (χ0n) is 16.4. The molecule has 1 aromatic rings. The zero-order valence-corrected chi connectivity index (χ0v) is 16.4. The van der Waals surface area contributed by atoms with E-state index in [0.29, 0.717) is 18.9 Å². The molecule has 2 fully saturated rings. The first kappa shape index (κ1) is 19.9. The molecule has 0 spiro atoms. The average Bonchev–Trinajstić information content (AvgIpc) is 3.20. The van der Waals surface area contributed by atoms with Crippen molar-refractivity contribution in [3.05, 3.63) is 35.9 Å². The molecule has 27 heavy (non-hydrogen) atoms. The van der Waals surface area contributed by atoms with Gasteiger partial charge in [-0.2, -0.15) is 0 Å². The third-order valence-electron chi connectivity index (χ3n) is 5.80. The topological polar surface area (TPSA) is 52.7 Å². The van der Waals surface area contributed by atoms with E-state index >= 15 is 0 Å². The molecule has 0 aromatic heterocycles. The molecule has 0 atom stereocenters. The summed E-state index contributed by atoms with van der Waals surface area (Å²) in [5.74, 6) is 0.450. The predicted octanol–water partition coefficient (Wildman–Crippen LogP) is 2.60. The van der Waals surface area contributed by atoms with Gasteiger partial charge < -0.3 is 10.2 Å². The quantitative estimate of drug-likeness (QED) is 0.764. The Kier molecular flexibility index (Phi) is 7.69. The monoisotopic (exact) mass is 371 g/mol. The first-order valence-electron chi connectivity index (χ1n) is 10.5. The average molecular weight is 372 g/mol. The molecule has 0 radical (unpaired) electrons. The van der Waals surface area contributed by atoms with E-state index in [0.717, 1.165) is 58.4 Å². The number of nitrogens with one attached hydrogen (secondary N) is 1. The number of rotatable bonds is 8. The van der Waals surface area contributed by atoms with E-state index in [1.165, 1.54) is 18.4 Å². The van der Waals surface area contributed by atoms with Crippen LogP contribution in [0.2, 0.25) is 0 Å². The number of hydrogen-bond acceptors (Lipinski definition) is 3. The fourth-order valence-electron chi connectivity index (χ4n) is 4.10. The summed E-state index contributed by atoms with van der Waals surface area (Å²) in [5.41, 5.74) is 1.30. The van der Waals surface area contributed by atoms with Gasteiger partial charge in [0.15, 0.2) is 0 Å². The highest BCUT2D eigenvalue weighted by atomic mass is 16.2. The molecule has 1 aromatic carbocycles. The van der Waals surface area contributed by atoms with Crippen molar-refractivity contribution >= 4 is 11.8 Å². The molecule has 0 unspecified atom stereocenters. The first-order valence-corrected chi connectivity index (χ1v) is 10.5. The van der Waals surface area contributed by atoms with Gasteiger partial charge in [-0.3, -0.25) is 14.5 Å². The van der Waals surface area contributed by atoms with Crippen LogP contribution in [0.15, 0.2) is 30.3 Å². The molecule has 1 aliphatic heterocycles. The highest BCUT2D eigenvalue weighted by Crippen LogP contribution is 2.17. The van der Waals surface area contributed by atoms with Crippen molar-refractivity contribution in [2.75, 3.05) is 32.7 Å². The number of nitrogens with zero attached hydrogens (tertiary/aromatic N) is 2. The van der Waals surface area contributed by atoms with Crippen LogP contribution in [0.25, 0.3) is 0 Å². The molecule has 5 heteroatoms. The molecule has 1 saturated carbocycles. The second kappa shape index (κ2) is 10.5. The molecular weight excluding hydrogens is 338 g/mol. The number of carbonyl (C=O) groups is 2. The van der Waals surface area contributed by atoms with Crippen LogP contribution in [0.5, 0.6) is 0 Å². The van der Waals surface area contributed by atoms with Gasteiger partial charge in [-0.1, -0.05) is 43.2 Å². The van der Waals surface area contributed by atoms with Gasteiger partial charge in [-0.25, -0.2) is 0 Å². The lowest BCUT2D eigenvalue weighted by atomic mass is 10.1. The maximum absolute atomic E-state index is 12.4. The van der Waals surface area contributed by atoms with Crippen LogP contribution in [0, 0.1) is 0 Å². The summed E-state index contributed by atoms with van der Waals surface area (Å²) >= 11 is 0. The molecule has 1 heterocycles. The molecule has 1 N–H and O–H groups in total. The fraction of sp³-hybridized carbons (Fsp3) is 0.636. The molecular formula is C22H33N3O2. The number of amides is 2. The predicted molar refractivity (Wildman–Crippen MR) is 107 cm³/mol. The minimum absolute atomic E-state index is 0.182. The van der Waals surface area contributed by atoms with Crippen molar-refractivity contribution in [2.24, 2.45) is 0 Å². The van der Waals surface area contributed by atoms with Gasteiger partial charge in [0.1, 0.15) is 0 Å². The van der Waals surface area contributed by atoms with E-state index in [2.05, 4.69) is 22.3 Å². The molecule has 2 amide bonds. The van der Waals surface area contributed by atoms with Crippen molar-refractivity contribution in [3.8, 4) is 0 Å². The van der Waals surface area contributed by atoms with Crippen LogP contribution < -0.4 is 5.32 Å². The van der Waals surface area contributed by atoms with E-state index in [4.69, 9.17) is 0 Å². The van der Waals surface area contributed by atoms with Gasteiger partial charge >= 0.3 is 0 Å². The standard InChI is InChI=1S/C22H33N3O2/c26-21(23-20-10-4-5-11-20)13-14-24-15-17-25(18-16-24)22(27)12-6-9-19-7-2-1-3-8-19/h1-3,7-8,20H,4-6,9-18H2,(H,23,26). The van der Waals surface area contributed by atoms with Crippen LogP contribution in [0.4, 0.5) is 0 Å². The second-order valence-corrected chi connectivity index (χ2v) is 7.86. The van der Waals surface area contributed by atoms with Gasteiger partial charge in [-0.05, 0) is 31.2 Å². The molecule has 1 saturated heterocycles. The van der Waals surface area contributed by atoms with Crippen molar-refractivity contribution in [2.45, 2.75) is 57.4 Å². The third kappa shape index (κ3) is 6.65. The number of carbonyl (C=O) groups excluding carboxylic acids is 2. The highest BCUT2D eigenvalue weighted by Gasteiger charge is 2.22. The zero-order chi connectivity index (χ0) is 18.9. The normalized spacial score (nSPS) is 18.6. The van der Waals surface area contributed by atoms with E-state index in [1.54, 1.807) is 0 Å².